The molecule has 2 aromatic rings. The lowest BCUT2D eigenvalue weighted by molar-refractivity contribution is -0.144. The average Bonchev–Trinajstić information content (AvgIpc) is 3.09. The van der Waals surface area contributed by atoms with Crippen LogP contribution in [0.25, 0.3) is 0 Å². The van der Waals surface area contributed by atoms with Gasteiger partial charge in [-0.25, -0.2) is 9.78 Å². The largest absolute Gasteiger partial charge is 0.467 e. The van der Waals surface area contributed by atoms with Gasteiger partial charge in [0.1, 0.15) is 17.6 Å². The van der Waals surface area contributed by atoms with Crippen molar-refractivity contribution in [2.75, 3.05) is 12.4 Å². The van der Waals surface area contributed by atoms with E-state index in [1.165, 1.54) is 11.7 Å². The third-order valence-corrected chi connectivity index (χ3v) is 4.69. The molecule has 0 saturated carbocycles. The number of halogens is 1. The minimum absolute atomic E-state index is 0.0782. The number of nitrogens with zero attached hydrogens (tertiary/aromatic N) is 2. The predicted octanol–water partition coefficient (Wildman–Crippen LogP) is 2.81. The Balaban J connectivity index is 2.02. The molecule has 0 radical (unpaired) electrons. The van der Waals surface area contributed by atoms with Crippen LogP contribution in [0.3, 0.4) is 0 Å². The number of methoxy groups -OCH3 is 1. The molecule has 3 heterocycles. The fraction of sp³-hybridized carbons (Fsp3) is 0.471. The highest BCUT2D eigenvalue weighted by atomic mass is 35.5. The summed E-state index contributed by atoms with van der Waals surface area (Å²) < 4.78 is 11.7. The number of nitrogens with one attached hydrogen (secondary N) is 1. The van der Waals surface area contributed by atoms with Crippen LogP contribution < -0.4 is 10.9 Å². The van der Waals surface area contributed by atoms with Gasteiger partial charge >= 0.3 is 5.97 Å². The Bertz CT molecular complexity index is 885. The van der Waals surface area contributed by atoms with E-state index in [1.807, 2.05) is 32.9 Å². The molecule has 0 fully saturated rings. The van der Waals surface area contributed by atoms with Crippen molar-refractivity contribution in [1.29, 1.82) is 0 Å². The van der Waals surface area contributed by atoms with Gasteiger partial charge in [-0.05, 0) is 25.5 Å². The highest BCUT2D eigenvalue weighted by Crippen LogP contribution is 2.43. The van der Waals surface area contributed by atoms with Crippen LogP contribution in [0, 0.1) is 6.92 Å². The number of ether oxygens (including phenoxy) is 1. The zero-order chi connectivity index (χ0) is 18.4. The van der Waals surface area contributed by atoms with Gasteiger partial charge in [0.25, 0.3) is 5.56 Å². The van der Waals surface area contributed by atoms with Crippen molar-refractivity contribution < 1.29 is 13.9 Å². The van der Waals surface area contributed by atoms with Crippen LogP contribution in [0.1, 0.15) is 43.5 Å². The molecule has 0 spiro atoms. The van der Waals surface area contributed by atoms with Crippen molar-refractivity contribution in [1.82, 2.24) is 9.55 Å². The minimum atomic E-state index is -0.714. The summed E-state index contributed by atoms with van der Waals surface area (Å²) >= 11 is 6.34. The summed E-state index contributed by atoms with van der Waals surface area (Å²) in [5.41, 5.74) is -0.309. The summed E-state index contributed by atoms with van der Waals surface area (Å²) in [5, 5.41) is 3.15. The number of aromatic nitrogens is 2. The molecular weight excluding hydrogens is 346 g/mol. The Morgan fingerprint density at radius 1 is 1.52 bits per heavy atom. The second-order valence-electron chi connectivity index (χ2n) is 6.77. The first-order valence-corrected chi connectivity index (χ1v) is 8.32. The summed E-state index contributed by atoms with van der Waals surface area (Å²) in [5.74, 6) is 1.06. The molecular formula is C17H20ClN3O4. The van der Waals surface area contributed by atoms with Gasteiger partial charge in [0.15, 0.2) is 11.0 Å². The Kier molecular flexibility index (Phi) is 4.36. The van der Waals surface area contributed by atoms with Crippen molar-refractivity contribution in [2.45, 2.75) is 45.2 Å². The molecule has 0 saturated heterocycles. The maximum atomic E-state index is 12.9. The van der Waals surface area contributed by atoms with E-state index in [1.54, 1.807) is 0 Å². The SMILES string of the molecule is COC(=O)[C@@H]1CC(C)(C)c2c(Cl)nc(NCc3ccc(C)o3)c(=O)n21. The zero-order valence-corrected chi connectivity index (χ0v) is 15.3. The number of hydrogen-bond donors (Lipinski definition) is 1. The molecule has 1 N–H and O–H groups in total. The number of rotatable bonds is 4. The number of fused-ring (bicyclic) bond motifs is 1. The van der Waals surface area contributed by atoms with Gasteiger partial charge < -0.3 is 14.5 Å². The first-order valence-electron chi connectivity index (χ1n) is 7.94. The number of hydrogen-bond acceptors (Lipinski definition) is 6. The van der Waals surface area contributed by atoms with Crippen LogP contribution in [-0.2, 0) is 21.5 Å². The molecule has 2 aromatic heterocycles. The third kappa shape index (κ3) is 3.04. The number of carbonyl (C=O) groups is 1. The van der Waals surface area contributed by atoms with E-state index in [4.69, 9.17) is 20.8 Å². The van der Waals surface area contributed by atoms with Gasteiger partial charge in [-0.2, -0.15) is 0 Å². The van der Waals surface area contributed by atoms with Crippen molar-refractivity contribution in [3.8, 4) is 0 Å². The lowest BCUT2D eigenvalue weighted by Crippen LogP contribution is -2.31. The van der Waals surface area contributed by atoms with Gasteiger partial charge in [0.05, 0.1) is 19.3 Å². The maximum Gasteiger partial charge on any atom is 0.329 e. The van der Waals surface area contributed by atoms with Crippen LogP contribution in [0.4, 0.5) is 5.82 Å². The van der Waals surface area contributed by atoms with Gasteiger partial charge in [-0.15, -0.1) is 0 Å². The van der Waals surface area contributed by atoms with Crippen LogP contribution in [-0.4, -0.2) is 22.6 Å². The first-order chi connectivity index (χ1) is 11.7. The molecule has 1 aliphatic rings. The first kappa shape index (κ1) is 17.5. The Morgan fingerprint density at radius 2 is 2.24 bits per heavy atom. The van der Waals surface area contributed by atoms with Crippen molar-refractivity contribution in [2.24, 2.45) is 0 Å². The molecule has 1 aliphatic heterocycles. The lowest BCUT2D eigenvalue weighted by Gasteiger charge is -2.18. The van der Waals surface area contributed by atoms with Gasteiger partial charge in [0.2, 0.25) is 0 Å². The van der Waals surface area contributed by atoms with E-state index < -0.39 is 23.0 Å². The van der Waals surface area contributed by atoms with E-state index in [0.717, 1.165) is 5.76 Å². The van der Waals surface area contributed by atoms with Gasteiger partial charge in [-0.3, -0.25) is 9.36 Å². The minimum Gasteiger partial charge on any atom is -0.467 e. The van der Waals surface area contributed by atoms with Crippen molar-refractivity contribution in [3.05, 3.63) is 44.9 Å². The van der Waals surface area contributed by atoms with E-state index in [0.29, 0.717) is 17.9 Å². The highest BCUT2D eigenvalue weighted by molar-refractivity contribution is 6.30. The molecule has 0 aromatic carbocycles. The predicted molar refractivity (Wildman–Crippen MR) is 93.0 cm³/mol. The molecule has 8 heteroatoms. The van der Waals surface area contributed by atoms with E-state index >= 15 is 0 Å². The smallest absolute Gasteiger partial charge is 0.329 e. The number of carbonyl (C=O) groups excluding carboxylic acids is 1. The summed E-state index contributed by atoms with van der Waals surface area (Å²) in [6, 6.07) is 2.94. The van der Waals surface area contributed by atoms with E-state index in [9.17, 15) is 9.59 Å². The number of furan rings is 1. The molecule has 7 nitrogen and oxygen atoms in total. The van der Waals surface area contributed by atoms with Gasteiger partial charge in [0, 0.05) is 5.41 Å². The molecule has 0 aliphatic carbocycles. The molecule has 25 heavy (non-hydrogen) atoms. The third-order valence-electron chi connectivity index (χ3n) is 4.42. The van der Waals surface area contributed by atoms with Gasteiger partial charge in [-0.1, -0.05) is 25.4 Å². The van der Waals surface area contributed by atoms with E-state index in [2.05, 4.69) is 10.3 Å². The Morgan fingerprint density at radius 3 is 2.84 bits per heavy atom. The molecule has 134 valence electrons. The molecule has 3 rings (SSSR count). The second-order valence-corrected chi connectivity index (χ2v) is 7.13. The number of esters is 1. The monoisotopic (exact) mass is 365 g/mol. The normalized spacial score (nSPS) is 18.0. The Hall–Kier alpha value is -2.28. The van der Waals surface area contributed by atoms with Crippen LogP contribution in [0.2, 0.25) is 5.15 Å². The van der Waals surface area contributed by atoms with Crippen LogP contribution in [0.15, 0.2) is 21.3 Å². The summed E-state index contributed by atoms with van der Waals surface area (Å²) in [7, 11) is 1.31. The Labute approximate surface area is 150 Å². The summed E-state index contributed by atoms with van der Waals surface area (Å²) in [6.07, 6.45) is 0.428. The quantitative estimate of drug-likeness (QED) is 0.838. The molecule has 0 unspecified atom stereocenters. The van der Waals surface area contributed by atoms with Crippen LogP contribution in [0.5, 0.6) is 0 Å². The fourth-order valence-corrected chi connectivity index (χ4v) is 3.71. The number of aryl methyl sites for hydroxylation is 1. The fourth-order valence-electron chi connectivity index (χ4n) is 3.28. The average molecular weight is 366 g/mol. The lowest BCUT2D eigenvalue weighted by atomic mass is 9.87. The summed E-state index contributed by atoms with van der Waals surface area (Å²) in [6.45, 7) is 5.98. The van der Waals surface area contributed by atoms with Crippen LogP contribution >= 0.6 is 11.6 Å². The zero-order valence-electron chi connectivity index (χ0n) is 14.6. The number of anilines is 1. The molecule has 0 amide bonds. The summed E-state index contributed by atoms with van der Waals surface area (Å²) in [4.78, 5) is 29.2. The molecule has 1 atom stereocenters. The highest BCUT2D eigenvalue weighted by Gasteiger charge is 2.44. The maximum absolute atomic E-state index is 12.9. The molecule has 0 bridgehead atoms. The second kappa shape index (κ2) is 6.22. The van der Waals surface area contributed by atoms with Crippen molar-refractivity contribution in [3.63, 3.8) is 0 Å². The van der Waals surface area contributed by atoms with Crippen molar-refractivity contribution >= 4 is 23.4 Å². The van der Waals surface area contributed by atoms with E-state index in [-0.39, 0.29) is 17.5 Å². The standard InChI is InChI=1S/C17H20ClN3O4/c1-9-5-6-10(25-9)8-19-14-15(22)21-11(16(23)24-4)7-17(2,3)12(21)13(18)20-14/h5-6,11H,7-8H2,1-4H3,(H,19,20)/t11-/m0/s1. The topological polar surface area (TPSA) is 86.4 Å².